The highest BCUT2D eigenvalue weighted by Crippen LogP contribution is 2.36. The van der Waals surface area contributed by atoms with Crippen LogP contribution in [0, 0.1) is 0 Å². The van der Waals surface area contributed by atoms with E-state index in [1.165, 1.54) is 18.4 Å². The summed E-state index contributed by atoms with van der Waals surface area (Å²) in [7, 11) is -3.96. The summed E-state index contributed by atoms with van der Waals surface area (Å²) in [5.41, 5.74) is -2.16. The fourth-order valence-corrected chi connectivity index (χ4v) is 1.85. The first-order chi connectivity index (χ1) is 7.46. The van der Waals surface area contributed by atoms with Crippen LogP contribution in [0.1, 0.15) is 13.8 Å². The molecule has 0 spiro atoms. The molecule has 0 aliphatic carbocycles. The van der Waals surface area contributed by atoms with Crippen molar-refractivity contribution in [2.24, 2.45) is 5.14 Å². The van der Waals surface area contributed by atoms with Crippen LogP contribution in [0.25, 0.3) is 0 Å². The summed E-state index contributed by atoms with van der Waals surface area (Å²) in [5.74, 6) is 0. The Morgan fingerprint density at radius 3 is 2.29 bits per heavy atom. The number of nitrogens with zero attached hydrogens (tertiary/aromatic N) is 1. The van der Waals surface area contributed by atoms with Gasteiger partial charge in [-0.1, -0.05) is 0 Å². The topological polar surface area (TPSA) is 63.4 Å². The number of allylic oxidation sites excluding steroid dienone is 2. The molecule has 4 nitrogen and oxygen atoms in total. The lowest BCUT2D eigenvalue weighted by Crippen LogP contribution is -2.53. The second kappa shape index (κ2) is 4.02. The van der Waals surface area contributed by atoms with Crippen molar-refractivity contribution in [1.82, 2.24) is 4.90 Å². The Hall–Kier alpha value is -1.02. The van der Waals surface area contributed by atoms with Gasteiger partial charge in [-0.3, -0.25) is 0 Å². The van der Waals surface area contributed by atoms with E-state index in [0.29, 0.717) is 0 Å². The van der Waals surface area contributed by atoms with Crippen molar-refractivity contribution < 1.29 is 21.6 Å². The largest absolute Gasteiger partial charge is 0.411 e. The monoisotopic (exact) mass is 270 g/mol. The minimum atomic E-state index is -4.47. The summed E-state index contributed by atoms with van der Waals surface area (Å²) in [4.78, 5) is 0.657. The average molecular weight is 270 g/mol. The second-order valence-corrected chi connectivity index (χ2v) is 5.82. The molecule has 98 valence electrons. The normalized spacial score (nSPS) is 18.2. The standard InChI is InChI=1S/C9H13F3N2O2S/c1-8(2,9(10,11)12)14-5-3-4-7(6-14)17(13,15)16/h3-5H,6H2,1-2H3,(H2,13,15,16). The highest BCUT2D eigenvalue weighted by atomic mass is 32.2. The van der Waals surface area contributed by atoms with Crippen molar-refractivity contribution in [3.63, 3.8) is 0 Å². The molecule has 0 aromatic carbocycles. The highest BCUT2D eigenvalue weighted by Gasteiger charge is 2.51. The zero-order valence-electron chi connectivity index (χ0n) is 9.32. The lowest BCUT2D eigenvalue weighted by molar-refractivity contribution is -0.211. The van der Waals surface area contributed by atoms with Gasteiger partial charge in [-0.25, -0.2) is 13.6 Å². The van der Waals surface area contributed by atoms with Gasteiger partial charge in [-0.05, 0) is 26.0 Å². The third kappa shape index (κ3) is 2.81. The van der Waals surface area contributed by atoms with Crippen molar-refractivity contribution in [2.45, 2.75) is 25.6 Å². The molecular weight excluding hydrogens is 257 g/mol. The van der Waals surface area contributed by atoms with E-state index in [2.05, 4.69) is 0 Å². The van der Waals surface area contributed by atoms with Crippen LogP contribution in [0.15, 0.2) is 23.3 Å². The minimum absolute atomic E-state index is 0.239. The predicted molar refractivity (Wildman–Crippen MR) is 57.2 cm³/mol. The maximum absolute atomic E-state index is 12.8. The molecule has 0 unspecified atom stereocenters. The van der Waals surface area contributed by atoms with Crippen LogP contribution in [0.4, 0.5) is 13.2 Å². The van der Waals surface area contributed by atoms with Gasteiger partial charge in [0.1, 0.15) is 5.54 Å². The van der Waals surface area contributed by atoms with E-state index in [4.69, 9.17) is 5.14 Å². The molecule has 0 saturated heterocycles. The highest BCUT2D eigenvalue weighted by molar-refractivity contribution is 7.93. The number of sulfonamides is 1. The molecule has 2 N–H and O–H groups in total. The van der Waals surface area contributed by atoms with Gasteiger partial charge in [0.05, 0.1) is 11.4 Å². The van der Waals surface area contributed by atoms with Crippen LogP contribution in [0.2, 0.25) is 0 Å². The van der Waals surface area contributed by atoms with Crippen LogP contribution in [0.3, 0.4) is 0 Å². The van der Waals surface area contributed by atoms with Crippen LogP contribution in [-0.2, 0) is 10.0 Å². The molecule has 0 saturated carbocycles. The number of primary sulfonamides is 1. The molecule has 1 aliphatic heterocycles. The number of halogens is 3. The number of alkyl halides is 3. The quantitative estimate of drug-likeness (QED) is 0.823. The summed E-state index contributed by atoms with van der Waals surface area (Å²) in [5, 5.41) is 4.89. The van der Waals surface area contributed by atoms with E-state index in [1.54, 1.807) is 0 Å². The maximum Gasteiger partial charge on any atom is 0.411 e. The Morgan fingerprint density at radius 2 is 1.88 bits per heavy atom. The first-order valence-corrected chi connectivity index (χ1v) is 6.24. The number of rotatable bonds is 2. The Balaban J connectivity index is 3.02. The van der Waals surface area contributed by atoms with Crippen molar-refractivity contribution in [3.05, 3.63) is 23.3 Å². The molecule has 1 aliphatic rings. The maximum atomic E-state index is 12.8. The molecule has 0 radical (unpaired) electrons. The van der Waals surface area contributed by atoms with Crippen molar-refractivity contribution >= 4 is 10.0 Å². The van der Waals surface area contributed by atoms with Gasteiger partial charge in [0.25, 0.3) is 0 Å². The van der Waals surface area contributed by atoms with Gasteiger partial charge in [0.2, 0.25) is 10.0 Å². The molecular formula is C9H13F3N2O2S. The zero-order chi connectivity index (χ0) is 13.5. The van der Waals surface area contributed by atoms with Crippen LogP contribution in [0.5, 0.6) is 0 Å². The van der Waals surface area contributed by atoms with Crippen LogP contribution < -0.4 is 5.14 Å². The fourth-order valence-electron chi connectivity index (χ4n) is 1.26. The zero-order valence-corrected chi connectivity index (χ0v) is 10.1. The molecule has 1 rings (SSSR count). The van der Waals surface area contributed by atoms with Gasteiger partial charge < -0.3 is 4.90 Å². The summed E-state index contributed by atoms with van der Waals surface area (Å²) >= 11 is 0. The molecule has 0 aromatic heterocycles. The van der Waals surface area contributed by atoms with Crippen molar-refractivity contribution in [3.8, 4) is 0 Å². The SMILES string of the molecule is CC(C)(N1C=CC=C(S(N)(=O)=O)C1)C(F)(F)F. The van der Waals surface area contributed by atoms with Crippen molar-refractivity contribution in [1.29, 1.82) is 0 Å². The Labute approximate surface area is 97.6 Å². The summed E-state index contributed by atoms with van der Waals surface area (Å²) in [6, 6.07) is 0. The lowest BCUT2D eigenvalue weighted by atomic mass is 10.0. The number of hydrogen-bond acceptors (Lipinski definition) is 3. The molecule has 8 heteroatoms. The van der Waals surface area contributed by atoms with Gasteiger partial charge in [0, 0.05) is 6.20 Å². The van der Waals surface area contributed by atoms with E-state index in [1.807, 2.05) is 0 Å². The van der Waals surface area contributed by atoms with Crippen molar-refractivity contribution in [2.75, 3.05) is 6.54 Å². The first-order valence-electron chi connectivity index (χ1n) is 4.70. The lowest BCUT2D eigenvalue weighted by Gasteiger charge is -2.40. The Kier molecular flexibility index (Phi) is 3.32. The van der Waals surface area contributed by atoms with E-state index in [0.717, 1.165) is 18.7 Å². The van der Waals surface area contributed by atoms with E-state index in [9.17, 15) is 21.6 Å². The van der Waals surface area contributed by atoms with Gasteiger partial charge >= 0.3 is 6.18 Å². The third-order valence-corrected chi connectivity index (χ3v) is 3.65. The summed E-state index contributed by atoms with van der Waals surface area (Å²) in [6.07, 6.45) is -0.852. The second-order valence-electron chi connectivity index (χ2n) is 4.20. The van der Waals surface area contributed by atoms with E-state index < -0.39 is 21.7 Å². The molecule has 0 bridgehead atoms. The molecule has 1 heterocycles. The van der Waals surface area contributed by atoms with Gasteiger partial charge in [0.15, 0.2) is 0 Å². The predicted octanol–water partition coefficient (Wildman–Crippen LogP) is 1.33. The Bertz CT molecular complexity index is 463. The van der Waals surface area contributed by atoms with Crippen LogP contribution in [-0.4, -0.2) is 31.6 Å². The van der Waals surface area contributed by atoms with Gasteiger partial charge in [-0.15, -0.1) is 0 Å². The van der Waals surface area contributed by atoms with E-state index in [-0.39, 0.29) is 11.4 Å². The molecule has 0 atom stereocenters. The fraction of sp³-hybridized carbons (Fsp3) is 0.556. The summed E-state index contributed by atoms with van der Waals surface area (Å²) < 4.78 is 60.4. The summed E-state index contributed by atoms with van der Waals surface area (Å²) in [6.45, 7) is 1.56. The van der Waals surface area contributed by atoms with E-state index >= 15 is 0 Å². The van der Waals surface area contributed by atoms with Crippen LogP contribution >= 0.6 is 0 Å². The number of nitrogens with two attached hydrogens (primary N) is 1. The number of hydrogen-bond donors (Lipinski definition) is 1. The molecule has 17 heavy (non-hydrogen) atoms. The average Bonchev–Trinajstić information content (AvgIpc) is 2.15. The molecule has 0 amide bonds. The molecule has 0 aromatic rings. The Morgan fingerprint density at radius 1 is 1.35 bits per heavy atom. The third-order valence-electron chi connectivity index (χ3n) is 2.65. The first kappa shape index (κ1) is 14.0. The smallest absolute Gasteiger partial charge is 0.359 e. The van der Waals surface area contributed by atoms with Gasteiger partial charge in [-0.2, -0.15) is 13.2 Å². The molecule has 0 fully saturated rings. The minimum Gasteiger partial charge on any atom is -0.359 e.